The van der Waals surface area contributed by atoms with Crippen LogP contribution in [0.4, 0.5) is 5.69 Å². The van der Waals surface area contributed by atoms with Gasteiger partial charge in [0.25, 0.3) is 0 Å². The van der Waals surface area contributed by atoms with Gasteiger partial charge in [0.15, 0.2) is 0 Å². The molecular formula is C12H18ClNOS. The van der Waals surface area contributed by atoms with E-state index in [4.69, 9.17) is 22.1 Å². The second-order valence-electron chi connectivity index (χ2n) is 4.50. The summed E-state index contributed by atoms with van der Waals surface area (Å²) >= 11 is 7.74. The zero-order chi connectivity index (χ0) is 12.2. The Morgan fingerprint density at radius 2 is 2.06 bits per heavy atom. The van der Waals surface area contributed by atoms with Gasteiger partial charge in [-0.15, -0.1) is 11.8 Å². The van der Waals surface area contributed by atoms with E-state index in [1.54, 1.807) is 17.8 Å². The molecule has 0 aromatic heterocycles. The maximum atomic E-state index is 6.06. The highest BCUT2D eigenvalue weighted by Gasteiger charge is 2.09. The lowest BCUT2D eigenvalue weighted by molar-refractivity contribution is 0.00695. The minimum absolute atomic E-state index is 0.0779. The van der Waals surface area contributed by atoms with Crippen LogP contribution in [0.2, 0.25) is 5.02 Å². The molecule has 2 nitrogen and oxygen atoms in total. The van der Waals surface area contributed by atoms with E-state index in [1.165, 1.54) is 0 Å². The number of anilines is 1. The Labute approximate surface area is 107 Å². The molecule has 1 aromatic carbocycles. The van der Waals surface area contributed by atoms with Crippen LogP contribution in [0.5, 0.6) is 0 Å². The smallest absolute Gasteiger partial charge is 0.0598 e. The highest BCUT2D eigenvalue weighted by atomic mass is 35.5. The van der Waals surface area contributed by atoms with Crippen molar-refractivity contribution in [3.8, 4) is 0 Å². The molecule has 16 heavy (non-hydrogen) atoms. The molecule has 0 unspecified atom stereocenters. The van der Waals surface area contributed by atoms with E-state index in [0.717, 1.165) is 17.3 Å². The highest BCUT2D eigenvalue weighted by Crippen LogP contribution is 2.28. The molecule has 0 heterocycles. The van der Waals surface area contributed by atoms with Gasteiger partial charge in [-0.2, -0.15) is 0 Å². The molecule has 0 radical (unpaired) electrons. The minimum atomic E-state index is -0.0779. The van der Waals surface area contributed by atoms with E-state index in [-0.39, 0.29) is 5.60 Å². The summed E-state index contributed by atoms with van der Waals surface area (Å²) in [5.41, 5.74) is 6.24. The molecule has 0 aliphatic carbocycles. The summed E-state index contributed by atoms with van der Waals surface area (Å²) in [7, 11) is 0. The number of ether oxygens (including phenoxy) is 1. The molecule has 4 heteroatoms. The number of nitrogen functional groups attached to an aromatic ring is 1. The molecule has 1 aromatic rings. The summed E-state index contributed by atoms with van der Waals surface area (Å²) < 4.78 is 5.63. The second-order valence-corrected chi connectivity index (χ2v) is 6.04. The number of rotatable bonds is 4. The van der Waals surface area contributed by atoms with E-state index < -0.39 is 0 Å². The highest BCUT2D eigenvalue weighted by molar-refractivity contribution is 7.99. The maximum absolute atomic E-state index is 6.06. The van der Waals surface area contributed by atoms with Crippen molar-refractivity contribution >= 4 is 29.1 Å². The van der Waals surface area contributed by atoms with Gasteiger partial charge >= 0.3 is 0 Å². The van der Waals surface area contributed by atoms with Crippen molar-refractivity contribution in [2.45, 2.75) is 31.3 Å². The fourth-order valence-corrected chi connectivity index (χ4v) is 2.23. The molecule has 0 amide bonds. The zero-order valence-corrected chi connectivity index (χ0v) is 11.5. The van der Waals surface area contributed by atoms with Crippen LogP contribution in [0.1, 0.15) is 20.8 Å². The van der Waals surface area contributed by atoms with Crippen molar-refractivity contribution in [1.29, 1.82) is 0 Å². The van der Waals surface area contributed by atoms with Crippen molar-refractivity contribution in [1.82, 2.24) is 0 Å². The summed E-state index contributed by atoms with van der Waals surface area (Å²) in [6.07, 6.45) is 0. The maximum Gasteiger partial charge on any atom is 0.0598 e. The number of hydrogen-bond donors (Lipinski definition) is 1. The van der Waals surface area contributed by atoms with Crippen LogP contribution in [-0.2, 0) is 4.74 Å². The summed E-state index contributed by atoms with van der Waals surface area (Å²) in [6, 6.07) is 5.58. The summed E-state index contributed by atoms with van der Waals surface area (Å²) in [6.45, 7) is 6.87. The average molecular weight is 260 g/mol. The molecule has 0 saturated carbocycles. The molecule has 0 spiro atoms. The lowest BCUT2D eigenvalue weighted by atomic mass is 10.2. The summed E-state index contributed by atoms with van der Waals surface area (Å²) in [5.74, 6) is 0.890. The van der Waals surface area contributed by atoms with E-state index in [2.05, 4.69) is 0 Å². The minimum Gasteiger partial charge on any atom is -0.399 e. The largest absolute Gasteiger partial charge is 0.399 e. The van der Waals surface area contributed by atoms with Gasteiger partial charge in [-0.3, -0.25) is 0 Å². The third-order valence-corrected chi connectivity index (χ3v) is 3.29. The first-order valence-electron chi connectivity index (χ1n) is 5.20. The summed E-state index contributed by atoms with van der Waals surface area (Å²) in [4.78, 5) is 1.05. The molecule has 1 rings (SSSR count). The van der Waals surface area contributed by atoms with Crippen molar-refractivity contribution < 1.29 is 4.74 Å². The van der Waals surface area contributed by atoms with Crippen molar-refractivity contribution in [2.75, 3.05) is 18.1 Å². The van der Waals surface area contributed by atoms with Crippen LogP contribution in [-0.4, -0.2) is 18.0 Å². The lowest BCUT2D eigenvalue weighted by Crippen LogP contribution is -2.20. The predicted octanol–water partition coefficient (Wildman–Crippen LogP) is 3.83. The Balaban J connectivity index is 2.38. The Bertz CT molecular complexity index is 349. The summed E-state index contributed by atoms with van der Waals surface area (Å²) in [5, 5.41) is 0.709. The number of halogens is 1. The number of hydrogen-bond acceptors (Lipinski definition) is 3. The van der Waals surface area contributed by atoms with Gasteiger partial charge < -0.3 is 10.5 Å². The molecule has 0 saturated heterocycles. The second kappa shape index (κ2) is 5.80. The fourth-order valence-electron chi connectivity index (χ4n) is 1.13. The van der Waals surface area contributed by atoms with Gasteiger partial charge in [-0.05, 0) is 39.0 Å². The van der Waals surface area contributed by atoms with Crippen LogP contribution in [0.25, 0.3) is 0 Å². The first-order chi connectivity index (χ1) is 7.38. The monoisotopic (exact) mass is 259 g/mol. The van der Waals surface area contributed by atoms with Crippen LogP contribution >= 0.6 is 23.4 Å². The molecule has 0 bridgehead atoms. The zero-order valence-electron chi connectivity index (χ0n) is 9.92. The van der Waals surface area contributed by atoms with E-state index in [1.807, 2.05) is 32.9 Å². The van der Waals surface area contributed by atoms with Crippen molar-refractivity contribution in [2.24, 2.45) is 0 Å². The van der Waals surface area contributed by atoms with Crippen molar-refractivity contribution in [3.05, 3.63) is 23.2 Å². The predicted molar refractivity (Wildman–Crippen MR) is 72.3 cm³/mol. The van der Waals surface area contributed by atoms with Gasteiger partial charge in [0.2, 0.25) is 0 Å². The number of thioether (sulfide) groups is 1. The first kappa shape index (κ1) is 13.7. The van der Waals surface area contributed by atoms with E-state index in [9.17, 15) is 0 Å². The Morgan fingerprint density at radius 1 is 1.38 bits per heavy atom. The number of benzene rings is 1. The molecule has 0 fully saturated rings. The normalized spacial score (nSPS) is 11.8. The lowest BCUT2D eigenvalue weighted by Gasteiger charge is -2.19. The van der Waals surface area contributed by atoms with Crippen LogP contribution in [0.3, 0.4) is 0 Å². The van der Waals surface area contributed by atoms with Crippen LogP contribution in [0.15, 0.2) is 23.1 Å². The average Bonchev–Trinajstić information content (AvgIpc) is 2.13. The molecule has 0 aliphatic heterocycles. The van der Waals surface area contributed by atoms with Crippen molar-refractivity contribution in [3.63, 3.8) is 0 Å². The number of nitrogens with two attached hydrogens (primary N) is 1. The standard InChI is InChI=1S/C12H18ClNOS/c1-12(2,3)15-6-7-16-11-5-4-9(14)8-10(11)13/h4-5,8H,6-7,14H2,1-3H3. The molecule has 90 valence electrons. The van der Waals surface area contributed by atoms with Crippen LogP contribution < -0.4 is 5.73 Å². The van der Waals surface area contributed by atoms with E-state index >= 15 is 0 Å². The first-order valence-corrected chi connectivity index (χ1v) is 6.56. The van der Waals surface area contributed by atoms with Gasteiger partial charge in [0.1, 0.15) is 0 Å². The van der Waals surface area contributed by atoms with Gasteiger partial charge in [-0.1, -0.05) is 11.6 Å². The molecular weight excluding hydrogens is 242 g/mol. The molecule has 0 aliphatic rings. The molecule has 2 N–H and O–H groups in total. The Kier molecular flexibility index (Phi) is 4.96. The third kappa shape index (κ3) is 5.10. The van der Waals surface area contributed by atoms with Gasteiger partial charge in [0, 0.05) is 16.3 Å². The van der Waals surface area contributed by atoms with E-state index in [0.29, 0.717) is 10.7 Å². The molecule has 0 atom stereocenters. The SMILES string of the molecule is CC(C)(C)OCCSc1ccc(N)cc1Cl. The topological polar surface area (TPSA) is 35.2 Å². The van der Waals surface area contributed by atoms with Gasteiger partial charge in [-0.25, -0.2) is 0 Å². The Morgan fingerprint density at radius 3 is 2.62 bits per heavy atom. The quantitative estimate of drug-likeness (QED) is 0.507. The van der Waals surface area contributed by atoms with Crippen LogP contribution in [0, 0.1) is 0 Å². The van der Waals surface area contributed by atoms with Gasteiger partial charge in [0.05, 0.1) is 17.2 Å². The Hall–Kier alpha value is -0.380. The third-order valence-electron chi connectivity index (χ3n) is 1.83. The fraction of sp³-hybridized carbons (Fsp3) is 0.500.